The summed E-state index contributed by atoms with van der Waals surface area (Å²) >= 11 is 4.96. The average Bonchev–Trinajstić information content (AvgIpc) is 2.62. The molecule has 3 aromatic rings. The number of hydrogen-bond acceptors (Lipinski definition) is 4. The van der Waals surface area contributed by atoms with E-state index in [0.29, 0.717) is 21.3 Å². The lowest BCUT2D eigenvalue weighted by molar-refractivity contribution is 0.892. The standard InChI is InChI=1S/C8H5N5OS/c14-7-4-2-1-3-9-5(4)6-10-11-8(15)13(6)12-7/h1-3H,(H,11,15)(H,12,14). The van der Waals surface area contributed by atoms with Gasteiger partial charge in [-0.25, -0.2) is 9.61 Å². The zero-order valence-corrected chi connectivity index (χ0v) is 8.21. The van der Waals surface area contributed by atoms with Gasteiger partial charge in [-0.3, -0.25) is 14.9 Å². The highest BCUT2D eigenvalue weighted by atomic mass is 32.1. The summed E-state index contributed by atoms with van der Waals surface area (Å²) < 4.78 is 1.75. The summed E-state index contributed by atoms with van der Waals surface area (Å²) in [7, 11) is 0. The first-order chi connectivity index (χ1) is 7.27. The highest BCUT2D eigenvalue weighted by Gasteiger charge is 2.07. The minimum Gasteiger partial charge on any atom is -0.267 e. The summed E-state index contributed by atoms with van der Waals surface area (Å²) in [6.07, 6.45) is 1.61. The maximum Gasteiger partial charge on any atom is 0.272 e. The summed E-state index contributed by atoms with van der Waals surface area (Å²) in [5.41, 5.74) is 0.826. The van der Waals surface area contributed by atoms with Crippen molar-refractivity contribution >= 4 is 28.8 Å². The molecule has 0 bridgehead atoms. The van der Waals surface area contributed by atoms with Crippen LogP contribution < -0.4 is 5.56 Å². The molecule has 7 heteroatoms. The van der Waals surface area contributed by atoms with Gasteiger partial charge >= 0.3 is 0 Å². The number of nitrogens with one attached hydrogen (secondary N) is 2. The fourth-order valence-electron chi connectivity index (χ4n) is 1.49. The van der Waals surface area contributed by atoms with Gasteiger partial charge in [-0.15, -0.1) is 0 Å². The molecule has 6 nitrogen and oxygen atoms in total. The van der Waals surface area contributed by atoms with Gasteiger partial charge in [0.05, 0.1) is 5.39 Å². The van der Waals surface area contributed by atoms with Crippen molar-refractivity contribution in [2.75, 3.05) is 0 Å². The predicted molar refractivity (Wildman–Crippen MR) is 56.3 cm³/mol. The molecule has 0 spiro atoms. The Bertz CT molecular complexity index is 768. The van der Waals surface area contributed by atoms with Crippen LogP contribution in [0, 0.1) is 4.77 Å². The molecular weight excluding hydrogens is 214 g/mol. The van der Waals surface area contributed by atoms with Crippen molar-refractivity contribution in [1.29, 1.82) is 0 Å². The highest BCUT2D eigenvalue weighted by Crippen LogP contribution is 2.09. The second kappa shape index (κ2) is 2.74. The number of nitrogens with zero attached hydrogens (tertiary/aromatic N) is 3. The van der Waals surface area contributed by atoms with E-state index in [1.54, 1.807) is 18.3 Å². The van der Waals surface area contributed by atoms with Gasteiger partial charge in [0, 0.05) is 6.20 Å². The monoisotopic (exact) mass is 219 g/mol. The molecular formula is C8H5N5OS. The maximum absolute atomic E-state index is 11.6. The van der Waals surface area contributed by atoms with Crippen LogP contribution in [-0.4, -0.2) is 24.8 Å². The molecule has 0 saturated carbocycles. The number of hydrogen-bond donors (Lipinski definition) is 2. The van der Waals surface area contributed by atoms with Crippen molar-refractivity contribution in [2.24, 2.45) is 0 Å². The minimum atomic E-state index is -0.233. The van der Waals surface area contributed by atoms with Gasteiger partial charge < -0.3 is 0 Å². The average molecular weight is 219 g/mol. The SMILES string of the molecule is O=c1[nH]n2c(=S)[nH]nc2c2ncccc12. The van der Waals surface area contributed by atoms with Crippen LogP contribution in [0.25, 0.3) is 16.6 Å². The Balaban J connectivity index is 2.78. The van der Waals surface area contributed by atoms with Crippen molar-refractivity contribution < 1.29 is 0 Å². The van der Waals surface area contributed by atoms with E-state index in [0.717, 1.165) is 0 Å². The molecule has 0 fully saturated rings. The molecule has 0 aliphatic rings. The van der Waals surface area contributed by atoms with Crippen LogP contribution in [0.1, 0.15) is 0 Å². The fraction of sp³-hybridized carbons (Fsp3) is 0. The van der Waals surface area contributed by atoms with Crippen LogP contribution >= 0.6 is 12.2 Å². The quantitative estimate of drug-likeness (QED) is 0.543. The lowest BCUT2D eigenvalue weighted by atomic mass is 10.3. The van der Waals surface area contributed by atoms with E-state index in [4.69, 9.17) is 12.2 Å². The number of rotatable bonds is 0. The van der Waals surface area contributed by atoms with Crippen molar-refractivity contribution in [2.45, 2.75) is 0 Å². The molecule has 0 radical (unpaired) electrons. The van der Waals surface area contributed by atoms with E-state index < -0.39 is 0 Å². The van der Waals surface area contributed by atoms with E-state index in [2.05, 4.69) is 20.3 Å². The number of H-pyrrole nitrogens is 2. The molecule has 0 aromatic carbocycles. The largest absolute Gasteiger partial charge is 0.272 e. The molecule has 15 heavy (non-hydrogen) atoms. The van der Waals surface area contributed by atoms with Crippen LogP contribution in [0.2, 0.25) is 0 Å². The van der Waals surface area contributed by atoms with Gasteiger partial charge in [0.25, 0.3) is 5.56 Å². The number of pyridine rings is 1. The Morgan fingerprint density at radius 2 is 2.33 bits per heavy atom. The second-order valence-corrected chi connectivity index (χ2v) is 3.41. The topological polar surface area (TPSA) is 78.8 Å². The molecule has 0 aliphatic heterocycles. The van der Waals surface area contributed by atoms with Crippen molar-refractivity contribution in [1.82, 2.24) is 24.8 Å². The zero-order chi connectivity index (χ0) is 10.4. The second-order valence-electron chi connectivity index (χ2n) is 3.03. The predicted octanol–water partition coefficient (Wildman–Crippen LogP) is 0.628. The molecule has 74 valence electrons. The fourth-order valence-corrected chi connectivity index (χ4v) is 1.67. The first-order valence-corrected chi connectivity index (χ1v) is 4.62. The Labute approximate surface area is 87.6 Å². The van der Waals surface area contributed by atoms with E-state index in [1.165, 1.54) is 4.52 Å². The van der Waals surface area contributed by atoms with Gasteiger partial charge in [0.15, 0.2) is 0 Å². The molecule has 0 atom stereocenters. The van der Waals surface area contributed by atoms with E-state index in [-0.39, 0.29) is 5.56 Å². The molecule has 0 amide bonds. The van der Waals surface area contributed by atoms with Crippen LogP contribution in [0.4, 0.5) is 0 Å². The molecule has 0 unspecified atom stereocenters. The summed E-state index contributed by atoms with van der Waals surface area (Å²) in [6.45, 7) is 0. The first kappa shape index (κ1) is 8.30. The molecule has 0 aliphatic carbocycles. The van der Waals surface area contributed by atoms with Gasteiger partial charge in [-0.1, -0.05) is 0 Å². The van der Waals surface area contributed by atoms with Gasteiger partial charge in [-0.2, -0.15) is 5.10 Å². The number of aromatic nitrogens is 5. The first-order valence-electron chi connectivity index (χ1n) is 4.21. The highest BCUT2D eigenvalue weighted by molar-refractivity contribution is 7.71. The molecule has 3 rings (SSSR count). The number of aromatic amines is 2. The van der Waals surface area contributed by atoms with Gasteiger partial charge in [-0.05, 0) is 24.4 Å². The van der Waals surface area contributed by atoms with E-state index in [1.807, 2.05) is 0 Å². The third kappa shape index (κ3) is 1.03. The van der Waals surface area contributed by atoms with Crippen LogP contribution in [0.3, 0.4) is 0 Å². The van der Waals surface area contributed by atoms with Crippen molar-refractivity contribution in [3.8, 4) is 0 Å². The Morgan fingerprint density at radius 3 is 3.20 bits per heavy atom. The number of fused-ring (bicyclic) bond motifs is 3. The van der Waals surface area contributed by atoms with Crippen LogP contribution in [-0.2, 0) is 0 Å². The minimum absolute atomic E-state index is 0.233. The third-order valence-corrected chi connectivity index (χ3v) is 2.42. The summed E-state index contributed by atoms with van der Waals surface area (Å²) in [4.78, 5) is 15.8. The normalized spacial score (nSPS) is 11.2. The summed E-state index contributed by atoms with van der Waals surface area (Å²) in [5, 5.41) is 9.71. The van der Waals surface area contributed by atoms with Crippen molar-refractivity contribution in [3.63, 3.8) is 0 Å². The molecule has 3 heterocycles. The summed E-state index contributed by atoms with van der Waals surface area (Å²) in [5.74, 6) is 0. The van der Waals surface area contributed by atoms with Crippen LogP contribution in [0.5, 0.6) is 0 Å². The van der Waals surface area contributed by atoms with Gasteiger partial charge in [0.1, 0.15) is 5.52 Å². The Kier molecular flexibility index (Phi) is 1.51. The maximum atomic E-state index is 11.6. The third-order valence-electron chi connectivity index (χ3n) is 2.15. The molecule has 2 N–H and O–H groups in total. The lowest BCUT2D eigenvalue weighted by Crippen LogP contribution is -2.12. The van der Waals surface area contributed by atoms with Crippen molar-refractivity contribution in [3.05, 3.63) is 33.5 Å². The molecule has 3 aromatic heterocycles. The summed E-state index contributed by atoms with van der Waals surface area (Å²) in [6, 6.07) is 3.40. The Morgan fingerprint density at radius 1 is 1.47 bits per heavy atom. The van der Waals surface area contributed by atoms with Gasteiger partial charge in [0.2, 0.25) is 10.4 Å². The Hall–Kier alpha value is -2.02. The molecule has 0 saturated heterocycles. The van der Waals surface area contributed by atoms with Crippen LogP contribution in [0.15, 0.2) is 23.1 Å². The van der Waals surface area contributed by atoms with E-state index >= 15 is 0 Å². The van der Waals surface area contributed by atoms with E-state index in [9.17, 15) is 4.79 Å². The zero-order valence-electron chi connectivity index (χ0n) is 7.39. The lowest BCUT2D eigenvalue weighted by Gasteiger charge is -1.96. The smallest absolute Gasteiger partial charge is 0.267 e.